The van der Waals surface area contributed by atoms with E-state index in [1.165, 1.54) is 16.7 Å². The summed E-state index contributed by atoms with van der Waals surface area (Å²) in [7, 11) is 1.95. The smallest absolute Gasteiger partial charge is 0.0521 e. The number of hydrogen-bond acceptors (Lipinski definition) is 2. The molecular formula is C16H22ClN3. The number of benzene rings is 1. The van der Waals surface area contributed by atoms with Crippen molar-refractivity contribution in [3.63, 3.8) is 0 Å². The van der Waals surface area contributed by atoms with E-state index in [-0.39, 0.29) is 0 Å². The molecule has 1 N–H and O–H groups in total. The van der Waals surface area contributed by atoms with E-state index in [1.807, 2.05) is 24.0 Å². The van der Waals surface area contributed by atoms with Gasteiger partial charge in [0.15, 0.2) is 0 Å². The zero-order valence-electron chi connectivity index (χ0n) is 12.4. The van der Waals surface area contributed by atoms with E-state index < -0.39 is 0 Å². The van der Waals surface area contributed by atoms with Crippen molar-refractivity contribution in [2.24, 2.45) is 7.05 Å². The summed E-state index contributed by atoms with van der Waals surface area (Å²) in [4.78, 5) is 0. The van der Waals surface area contributed by atoms with Gasteiger partial charge in [-0.1, -0.05) is 24.6 Å². The summed E-state index contributed by atoms with van der Waals surface area (Å²) in [6.45, 7) is 5.16. The van der Waals surface area contributed by atoms with Crippen LogP contribution in [0.4, 0.5) is 0 Å². The van der Waals surface area contributed by atoms with Crippen molar-refractivity contribution in [3.05, 3.63) is 52.3 Å². The second-order valence-electron chi connectivity index (χ2n) is 5.23. The van der Waals surface area contributed by atoms with E-state index in [1.54, 1.807) is 0 Å². The van der Waals surface area contributed by atoms with E-state index in [0.717, 1.165) is 24.4 Å². The standard InChI is InChI=1S/C16H22ClN3/c1-4-18-16(6-5-13-10-19-20(3)11-13)14-7-12(2)8-15(17)9-14/h7-11,16,18H,4-6H2,1-3H3. The Balaban J connectivity index is 2.09. The van der Waals surface area contributed by atoms with Crippen molar-refractivity contribution < 1.29 is 0 Å². The lowest BCUT2D eigenvalue weighted by molar-refractivity contribution is 0.515. The van der Waals surface area contributed by atoms with Crippen molar-refractivity contribution in [3.8, 4) is 0 Å². The fraction of sp³-hybridized carbons (Fsp3) is 0.438. The van der Waals surface area contributed by atoms with Crippen molar-refractivity contribution >= 4 is 11.6 Å². The zero-order chi connectivity index (χ0) is 14.5. The van der Waals surface area contributed by atoms with Crippen LogP contribution in [0.25, 0.3) is 0 Å². The molecule has 1 aromatic heterocycles. The molecule has 108 valence electrons. The highest BCUT2D eigenvalue weighted by molar-refractivity contribution is 6.30. The SMILES string of the molecule is CCNC(CCc1cnn(C)c1)c1cc(C)cc(Cl)c1. The molecule has 0 amide bonds. The molecule has 1 aromatic carbocycles. The minimum atomic E-state index is 0.331. The Hall–Kier alpha value is -1.32. The zero-order valence-corrected chi connectivity index (χ0v) is 13.1. The van der Waals surface area contributed by atoms with Gasteiger partial charge in [0.25, 0.3) is 0 Å². The maximum Gasteiger partial charge on any atom is 0.0521 e. The Labute approximate surface area is 126 Å². The van der Waals surface area contributed by atoms with Crippen molar-refractivity contribution in [2.75, 3.05) is 6.54 Å². The molecule has 1 atom stereocenters. The Morgan fingerprint density at radius 1 is 1.35 bits per heavy atom. The van der Waals surface area contributed by atoms with E-state index >= 15 is 0 Å². The van der Waals surface area contributed by atoms with Crippen LogP contribution in [0.1, 0.15) is 36.1 Å². The van der Waals surface area contributed by atoms with E-state index in [2.05, 4.69) is 42.6 Å². The predicted molar refractivity (Wildman–Crippen MR) is 84.1 cm³/mol. The van der Waals surface area contributed by atoms with Crippen LogP contribution in [0.5, 0.6) is 0 Å². The molecule has 1 unspecified atom stereocenters. The van der Waals surface area contributed by atoms with Gasteiger partial charge in [-0.25, -0.2) is 0 Å². The average Bonchev–Trinajstić information content (AvgIpc) is 2.79. The fourth-order valence-electron chi connectivity index (χ4n) is 2.51. The minimum absolute atomic E-state index is 0.331. The van der Waals surface area contributed by atoms with Gasteiger partial charge < -0.3 is 5.32 Å². The van der Waals surface area contributed by atoms with E-state index in [0.29, 0.717) is 6.04 Å². The average molecular weight is 292 g/mol. The molecule has 2 rings (SSSR count). The van der Waals surface area contributed by atoms with Crippen LogP contribution >= 0.6 is 11.6 Å². The fourth-order valence-corrected chi connectivity index (χ4v) is 2.81. The molecule has 1 heterocycles. The molecule has 0 bridgehead atoms. The highest BCUT2D eigenvalue weighted by Crippen LogP contribution is 2.24. The van der Waals surface area contributed by atoms with Crippen LogP contribution in [0.2, 0.25) is 5.02 Å². The first-order chi connectivity index (χ1) is 9.58. The highest BCUT2D eigenvalue weighted by atomic mass is 35.5. The van der Waals surface area contributed by atoms with Gasteiger partial charge >= 0.3 is 0 Å². The third-order valence-corrected chi connectivity index (χ3v) is 3.62. The summed E-state index contributed by atoms with van der Waals surface area (Å²) in [6.07, 6.45) is 6.06. The van der Waals surface area contributed by atoms with E-state index in [9.17, 15) is 0 Å². The van der Waals surface area contributed by atoms with Crippen LogP contribution < -0.4 is 5.32 Å². The molecule has 2 aromatic rings. The summed E-state index contributed by atoms with van der Waals surface area (Å²) in [5.41, 5.74) is 3.74. The Morgan fingerprint density at radius 3 is 2.75 bits per heavy atom. The van der Waals surface area contributed by atoms with Gasteiger partial charge in [-0.15, -0.1) is 0 Å². The lowest BCUT2D eigenvalue weighted by Gasteiger charge is -2.19. The molecule has 0 aliphatic carbocycles. The van der Waals surface area contributed by atoms with Gasteiger partial charge in [-0.05, 0) is 55.1 Å². The van der Waals surface area contributed by atoms with Crippen molar-refractivity contribution in [2.45, 2.75) is 32.7 Å². The summed E-state index contributed by atoms with van der Waals surface area (Å²) >= 11 is 6.17. The lowest BCUT2D eigenvalue weighted by atomic mass is 9.98. The van der Waals surface area contributed by atoms with Gasteiger partial charge in [0.1, 0.15) is 0 Å². The first-order valence-electron chi connectivity index (χ1n) is 7.06. The van der Waals surface area contributed by atoms with Crippen molar-refractivity contribution in [1.29, 1.82) is 0 Å². The molecular weight excluding hydrogens is 270 g/mol. The molecule has 0 radical (unpaired) electrons. The summed E-state index contributed by atoms with van der Waals surface area (Å²) in [5, 5.41) is 8.57. The molecule has 0 fully saturated rings. The quantitative estimate of drug-likeness (QED) is 0.880. The number of aromatic nitrogens is 2. The number of halogens is 1. The molecule has 0 aliphatic rings. The van der Waals surface area contributed by atoms with Crippen LogP contribution in [0.3, 0.4) is 0 Å². The lowest BCUT2D eigenvalue weighted by Crippen LogP contribution is -2.21. The van der Waals surface area contributed by atoms with Gasteiger partial charge in [0.2, 0.25) is 0 Å². The molecule has 0 spiro atoms. The topological polar surface area (TPSA) is 29.9 Å². The van der Waals surface area contributed by atoms with Gasteiger partial charge in [-0.3, -0.25) is 4.68 Å². The molecule has 0 saturated heterocycles. The summed E-state index contributed by atoms with van der Waals surface area (Å²) in [5.74, 6) is 0. The highest BCUT2D eigenvalue weighted by Gasteiger charge is 2.12. The summed E-state index contributed by atoms with van der Waals surface area (Å²) < 4.78 is 1.85. The van der Waals surface area contributed by atoms with Crippen LogP contribution in [0, 0.1) is 6.92 Å². The Morgan fingerprint density at radius 2 is 2.15 bits per heavy atom. The van der Waals surface area contributed by atoms with Gasteiger partial charge in [0.05, 0.1) is 6.20 Å². The largest absolute Gasteiger partial charge is 0.310 e. The van der Waals surface area contributed by atoms with Crippen molar-refractivity contribution in [1.82, 2.24) is 15.1 Å². The number of hydrogen-bond donors (Lipinski definition) is 1. The maximum absolute atomic E-state index is 6.17. The molecule has 4 heteroatoms. The molecule has 0 saturated carbocycles. The normalized spacial score (nSPS) is 12.6. The second-order valence-corrected chi connectivity index (χ2v) is 5.67. The van der Waals surface area contributed by atoms with Gasteiger partial charge in [-0.2, -0.15) is 5.10 Å². The summed E-state index contributed by atoms with van der Waals surface area (Å²) in [6, 6.07) is 6.60. The second kappa shape index (κ2) is 6.91. The molecule has 0 aliphatic heterocycles. The third kappa shape index (κ3) is 4.09. The molecule has 3 nitrogen and oxygen atoms in total. The monoisotopic (exact) mass is 291 g/mol. The van der Waals surface area contributed by atoms with E-state index in [4.69, 9.17) is 11.6 Å². The van der Waals surface area contributed by atoms with Crippen LogP contribution in [-0.4, -0.2) is 16.3 Å². The number of nitrogens with zero attached hydrogens (tertiary/aromatic N) is 2. The predicted octanol–water partition coefficient (Wildman–Crippen LogP) is 3.67. The van der Waals surface area contributed by atoms with Crippen LogP contribution in [0.15, 0.2) is 30.6 Å². The number of rotatable bonds is 6. The minimum Gasteiger partial charge on any atom is -0.310 e. The first kappa shape index (κ1) is 15.1. The Bertz CT molecular complexity index is 542. The van der Waals surface area contributed by atoms with Crippen LogP contribution in [-0.2, 0) is 13.5 Å². The van der Waals surface area contributed by atoms with Gasteiger partial charge in [0, 0.05) is 24.3 Å². The third-order valence-electron chi connectivity index (χ3n) is 3.40. The Kier molecular flexibility index (Phi) is 5.21. The number of nitrogens with one attached hydrogen (secondary N) is 1. The number of aryl methyl sites for hydroxylation is 3. The maximum atomic E-state index is 6.17. The first-order valence-corrected chi connectivity index (χ1v) is 7.44. The molecule has 20 heavy (non-hydrogen) atoms.